The Kier molecular flexibility index (Phi) is 1.62. The van der Waals surface area contributed by atoms with Crippen LogP contribution in [0.5, 0.6) is 0 Å². The summed E-state index contributed by atoms with van der Waals surface area (Å²) < 4.78 is 0. The zero-order valence-electron chi connectivity index (χ0n) is 5.63. The molecule has 0 saturated carbocycles. The maximum Gasteiger partial charge on any atom is 0.135 e. The Morgan fingerprint density at radius 2 is 2.30 bits per heavy atom. The molecule has 0 aliphatic heterocycles. The summed E-state index contributed by atoms with van der Waals surface area (Å²) in [7, 11) is 0. The Morgan fingerprint density at radius 3 is 2.70 bits per heavy atom. The van der Waals surface area contributed by atoms with E-state index in [-0.39, 0.29) is 0 Å². The van der Waals surface area contributed by atoms with Gasteiger partial charge in [0.2, 0.25) is 0 Å². The van der Waals surface area contributed by atoms with E-state index in [1.54, 1.807) is 6.92 Å². The van der Waals surface area contributed by atoms with Gasteiger partial charge < -0.3 is 11.1 Å². The molecule has 1 heterocycles. The lowest BCUT2D eigenvalue weighted by molar-refractivity contribution is 1.10. The summed E-state index contributed by atoms with van der Waals surface area (Å²) in [6, 6.07) is 0. The van der Waals surface area contributed by atoms with E-state index < -0.39 is 0 Å². The molecule has 0 spiro atoms. The molecule has 3 N–H and O–H groups in total. The van der Waals surface area contributed by atoms with Gasteiger partial charge in [0.25, 0.3) is 0 Å². The molecule has 0 bridgehead atoms. The lowest BCUT2D eigenvalue weighted by atomic mass is 10.2. The van der Waals surface area contributed by atoms with E-state index in [1.165, 1.54) is 6.33 Å². The Balaban J connectivity index is 3.30. The summed E-state index contributed by atoms with van der Waals surface area (Å²) in [5.41, 5.74) is 6.77. The van der Waals surface area contributed by atoms with Crippen LogP contribution in [-0.2, 0) is 0 Å². The number of hydrogen-bond donors (Lipinski definition) is 2. The van der Waals surface area contributed by atoms with Gasteiger partial charge in [-0.15, -0.1) is 0 Å². The Labute approximate surface area is 58.6 Å². The highest BCUT2D eigenvalue weighted by Crippen LogP contribution is 2.06. The van der Waals surface area contributed by atoms with Gasteiger partial charge in [0.15, 0.2) is 0 Å². The van der Waals surface area contributed by atoms with Crippen LogP contribution in [0.4, 0.5) is 5.82 Å². The lowest BCUT2D eigenvalue weighted by Gasteiger charge is -1.98. The van der Waals surface area contributed by atoms with Crippen molar-refractivity contribution < 1.29 is 0 Å². The van der Waals surface area contributed by atoms with Crippen molar-refractivity contribution in [2.75, 3.05) is 5.73 Å². The standard InChI is InChI=1S/C6H8N4/c1-4-5(2-7)6(8)10-3-9-4/h2-3,7H,1H3,(H2,8,9,10). The Hall–Kier alpha value is -1.45. The van der Waals surface area contributed by atoms with Crippen molar-refractivity contribution in [3.8, 4) is 0 Å². The minimum Gasteiger partial charge on any atom is -0.383 e. The molecule has 10 heavy (non-hydrogen) atoms. The highest BCUT2D eigenvalue weighted by molar-refractivity contribution is 5.84. The second kappa shape index (κ2) is 2.43. The van der Waals surface area contributed by atoms with Crippen molar-refractivity contribution >= 4 is 12.0 Å². The topological polar surface area (TPSA) is 75.7 Å². The minimum absolute atomic E-state index is 0.363. The van der Waals surface area contributed by atoms with Crippen molar-refractivity contribution in [3.05, 3.63) is 17.6 Å². The molecule has 0 amide bonds. The smallest absolute Gasteiger partial charge is 0.135 e. The molecule has 0 unspecified atom stereocenters. The Morgan fingerprint density at radius 1 is 1.60 bits per heavy atom. The first-order valence-electron chi connectivity index (χ1n) is 2.83. The first-order chi connectivity index (χ1) is 4.75. The number of nitrogens with one attached hydrogen (secondary N) is 1. The molecule has 4 nitrogen and oxygen atoms in total. The van der Waals surface area contributed by atoms with Gasteiger partial charge in [-0.3, -0.25) is 0 Å². The molecule has 1 rings (SSSR count). The average Bonchev–Trinajstić information content (AvgIpc) is 1.88. The fourth-order valence-corrected chi connectivity index (χ4v) is 0.680. The summed E-state index contributed by atoms with van der Waals surface area (Å²) in [6.45, 7) is 1.79. The summed E-state index contributed by atoms with van der Waals surface area (Å²) >= 11 is 0. The molecule has 1 aromatic rings. The monoisotopic (exact) mass is 136 g/mol. The fourth-order valence-electron chi connectivity index (χ4n) is 0.680. The molecule has 52 valence electrons. The van der Waals surface area contributed by atoms with Crippen LogP contribution in [0.1, 0.15) is 11.3 Å². The zero-order valence-corrected chi connectivity index (χ0v) is 5.63. The van der Waals surface area contributed by atoms with Crippen LogP contribution in [0, 0.1) is 12.3 Å². The van der Waals surface area contributed by atoms with Gasteiger partial charge in [0, 0.05) is 6.21 Å². The van der Waals surface area contributed by atoms with Crippen molar-refractivity contribution in [1.82, 2.24) is 9.97 Å². The summed E-state index contributed by atoms with van der Waals surface area (Å²) in [4.78, 5) is 7.59. The van der Waals surface area contributed by atoms with Gasteiger partial charge in [-0.05, 0) is 6.92 Å². The van der Waals surface area contributed by atoms with Gasteiger partial charge in [-0.25, -0.2) is 9.97 Å². The predicted octanol–water partition coefficient (Wildman–Crippen LogP) is 0.365. The van der Waals surface area contributed by atoms with Crippen LogP contribution in [0.25, 0.3) is 0 Å². The van der Waals surface area contributed by atoms with Crippen molar-refractivity contribution in [1.29, 1.82) is 5.41 Å². The molecule has 0 atom stereocenters. The first kappa shape index (κ1) is 6.67. The zero-order chi connectivity index (χ0) is 7.56. The third-order valence-corrected chi connectivity index (χ3v) is 1.26. The molecule has 0 saturated heterocycles. The number of rotatable bonds is 1. The van der Waals surface area contributed by atoms with Crippen LogP contribution in [0.15, 0.2) is 6.33 Å². The van der Waals surface area contributed by atoms with Gasteiger partial charge >= 0.3 is 0 Å². The summed E-state index contributed by atoms with van der Waals surface area (Å²) in [5, 5.41) is 6.94. The van der Waals surface area contributed by atoms with E-state index >= 15 is 0 Å². The lowest BCUT2D eigenvalue weighted by Crippen LogP contribution is -2.00. The van der Waals surface area contributed by atoms with Crippen LogP contribution >= 0.6 is 0 Å². The number of aryl methyl sites for hydroxylation is 1. The van der Waals surface area contributed by atoms with E-state index in [0.29, 0.717) is 11.4 Å². The fraction of sp³-hybridized carbons (Fsp3) is 0.167. The van der Waals surface area contributed by atoms with Gasteiger partial charge in [0.1, 0.15) is 12.1 Å². The molecule has 0 radical (unpaired) electrons. The highest BCUT2D eigenvalue weighted by Gasteiger charge is 1.99. The number of nitrogen functional groups attached to an aromatic ring is 1. The maximum absolute atomic E-state index is 6.94. The second-order valence-corrected chi connectivity index (χ2v) is 1.90. The number of nitrogens with two attached hydrogens (primary N) is 1. The molecule has 0 aliphatic rings. The number of aromatic nitrogens is 2. The van der Waals surface area contributed by atoms with Crippen LogP contribution in [-0.4, -0.2) is 16.2 Å². The SMILES string of the molecule is Cc1ncnc(N)c1C=N. The molecular formula is C6H8N4. The Bertz CT molecular complexity index is 236. The third-order valence-electron chi connectivity index (χ3n) is 1.26. The van der Waals surface area contributed by atoms with Crippen LogP contribution in [0.2, 0.25) is 0 Å². The molecular weight excluding hydrogens is 128 g/mol. The largest absolute Gasteiger partial charge is 0.383 e. The molecule has 0 aromatic carbocycles. The van der Waals surface area contributed by atoms with Crippen LogP contribution in [0.3, 0.4) is 0 Å². The van der Waals surface area contributed by atoms with E-state index in [9.17, 15) is 0 Å². The van der Waals surface area contributed by atoms with Gasteiger partial charge in [0.05, 0.1) is 11.3 Å². The van der Waals surface area contributed by atoms with Crippen molar-refractivity contribution in [2.24, 2.45) is 0 Å². The van der Waals surface area contributed by atoms with Gasteiger partial charge in [-0.1, -0.05) is 0 Å². The van der Waals surface area contributed by atoms with E-state index in [2.05, 4.69) is 9.97 Å². The first-order valence-corrected chi connectivity index (χ1v) is 2.83. The molecule has 1 aromatic heterocycles. The summed E-state index contributed by atoms with van der Waals surface area (Å²) in [6.07, 6.45) is 2.54. The van der Waals surface area contributed by atoms with E-state index in [1.807, 2.05) is 0 Å². The summed E-state index contributed by atoms with van der Waals surface area (Å²) in [5.74, 6) is 0.363. The highest BCUT2D eigenvalue weighted by atomic mass is 14.9. The number of hydrogen-bond acceptors (Lipinski definition) is 4. The third kappa shape index (κ3) is 0.953. The normalized spacial score (nSPS) is 9.30. The average molecular weight is 136 g/mol. The molecule has 0 aliphatic carbocycles. The van der Waals surface area contributed by atoms with E-state index in [0.717, 1.165) is 11.9 Å². The molecule has 0 fully saturated rings. The van der Waals surface area contributed by atoms with E-state index in [4.69, 9.17) is 11.1 Å². The van der Waals surface area contributed by atoms with Crippen LogP contribution < -0.4 is 5.73 Å². The second-order valence-electron chi connectivity index (χ2n) is 1.90. The maximum atomic E-state index is 6.94. The quantitative estimate of drug-likeness (QED) is 0.547. The van der Waals surface area contributed by atoms with Gasteiger partial charge in [-0.2, -0.15) is 0 Å². The number of nitrogens with zero attached hydrogens (tertiary/aromatic N) is 2. The molecule has 4 heteroatoms. The minimum atomic E-state index is 0.363. The predicted molar refractivity (Wildman–Crippen MR) is 39.1 cm³/mol. The number of anilines is 1. The van der Waals surface area contributed by atoms with Crippen molar-refractivity contribution in [3.63, 3.8) is 0 Å². The van der Waals surface area contributed by atoms with Crippen molar-refractivity contribution in [2.45, 2.75) is 6.92 Å².